The first-order valence-electron chi connectivity index (χ1n) is 8.89. The lowest BCUT2D eigenvalue weighted by Crippen LogP contribution is -2.34. The van der Waals surface area contributed by atoms with Gasteiger partial charge in [0.1, 0.15) is 17.5 Å². The van der Waals surface area contributed by atoms with E-state index < -0.39 is 0 Å². The van der Waals surface area contributed by atoms with Crippen molar-refractivity contribution >= 4 is 11.6 Å². The summed E-state index contributed by atoms with van der Waals surface area (Å²) >= 11 is 0. The van der Waals surface area contributed by atoms with Gasteiger partial charge in [0.2, 0.25) is 5.89 Å². The molecule has 0 aromatic carbocycles. The third-order valence-corrected chi connectivity index (χ3v) is 4.59. The first-order valence-corrected chi connectivity index (χ1v) is 8.89. The fraction of sp³-hybridized carbons (Fsp3) is 0.647. The van der Waals surface area contributed by atoms with Gasteiger partial charge in [-0.05, 0) is 31.8 Å². The van der Waals surface area contributed by atoms with Crippen LogP contribution in [0, 0.1) is 5.92 Å². The quantitative estimate of drug-likeness (QED) is 0.819. The van der Waals surface area contributed by atoms with Crippen LogP contribution in [0.25, 0.3) is 0 Å². The van der Waals surface area contributed by atoms with Crippen LogP contribution in [0.2, 0.25) is 0 Å². The number of piperidine rings is 1. The second kappa shape index (κ2) is 7.77. The number of rotatable bonds is 6. The van der Waals surface area contributed by atoms with E-state index in [0.29, 0.717) is 23.5 Å². The minimum absolute atomic E-state index is 0.295. The van der Waals surface area contributed by atoms with Crippen molar-refractivity contribution in [3.05, 3.63) is 23.6 Å². The first kappa shape index (κ1) is 17.6. The van der Waals surface area contributed by atoms with Crippen molar-refractivity contribution in [3.63, 3.8) is 0 Å². The molecule has 1 saturated heterocycles. The fourth-order valence-electron chi connectivity index (χ4n) is 3.10. The van der Waals surface area contributed by atoms with E-state index in [4.69, 9.17) is 10.3 Å². The van der Waals surface area contributed by atoms with E-state index in [-0.39, 0.29) is 0 Å². The van der Waals surface area contributed by atoms with Crippen LogP contribution in [0.1, 0.15) is 50.1 Å². The highest BCUT2D eigenvalue weighted by molar-refractivity contribution is 5.44. The maximum atomic E-state index is 5.85. The van der Waals surface area contributed by atoms with E-state index in [1.165, 1.54) is 0 Å². The number of nitrogens with zero attached hydrogens (tertiary/aromatic N) is 5. The molecule has 0 atom stereocenters. The molecule has 0 radical (unpaired) electrons. The second-order valence-electron chi connectivity index (χ2n) is 6.97. The monoisotopic (exact) mass is 345 g/mol. The standard InChI is InChI=1S/C17H27N7O/c1-11(2)17-22-16(25-23-17)10-24-6-4-12(5-7-24)8-15-20-13(18)9-14(19-3)21-15/h9,11-12H,4-8,10H2,1-3H3,(H3,18,19,20,21). The van der Waals surface area contributed by atoms with Crippen LogP contribution < -0.4 is 11.1 Å². The van der Waals surface area contributed by atoms with Gasteiger partial charge in [0.25, 0.3) is 0 Å². The molecule has 1 fully saturated rings. The van der Waals surface area contributed by atoms with Crippen LogP contribution in [0.4, 0.5) is 11.6 Å². The molecule has 25 heavy (non-hydrogen) atoms. The van der Waals surface area contributed by atoms with Gasteiger partial charge in [-0.3, -0.25) is 4.90 Å². The van der Waals surface area contributed by atoms with Crippen molar-refractivity contribution in [2.75, 3.05) is 31.2 Å². The predicted octanol–water partition coefficient (Wildman–Crippen LogP) is 2.06. The van der Waals surface area contributed by atoms with Crippen LogP contribution in [0.3, 0.4) is 0 Å². The molecule has 8 nitrogen and oxygen atoms in total. The van der Waals surface area contributed by atoms with Crippen LogP contribution in [0.5, 0.6) is 0 Å². The van der Waals surface area contributed by atoms with Gasteiger partial charge in [-0.15, -0.1) is 0 Å². The zero-order valence-corrected chi connectivity index (χ0v) is 15.2. The molecule has 1 aliphatic rings. The zero-order chi connectivity index (χ0) is 17.8. The zero-order valence-electron chi connectivity index (χ0n) is 15.2. The summed E-state index contributed by atoms with van der Waals surface area (Å²) in [5, 5.41) is 7.06. The predicted molar refractivity (Wildman–Crippen MR) is 96.1 cm³/mol. The molecule has 0 aliphatic carbocycles. The summed E-state index contributed by atoms with van der Waals surface area (Å²) < 4.78 is 5.35. The molecule has 3 heterocycles. The highest BCUT2D eigenvalue weighted by Gasteiger charge is 2.22. The van der Waals surface area contributed by atoms with E-state index in [2.05, 4.69) is 44.2 Å². The van der Waals surface area contributed by atoms with Gasteiger partial charge in [-0.1, -0.05) is 19.0 Å². The Morgan fingerprint density at radius 3 is 2.68 bits per heavy atom. The van der Waals surface area contributed by atoms with Crippen molar-refractivity contribution in [2.24, 2.45) is 5.92 Å². The van der Waals surface area contributed by atoms with Gasteiger partial charge >= 0.3 is 0 Å². The molecule has 2 aromatic rings. The normalized spacial score (nSPS) is 16.5. The number of anilines is 2. The van der Waals surface area contributed by atoms with Crippen LogP contribution >= 0.6 is 0 Å². The topological polar surface area (TPSA) is 106 Å². The van der Waals surface area contributed by atoms with E-state index in [0.717, 1.165) is 56.4 Å². The van der Waals surface area contributed by atoms with Crippen molar-refractivity contribution < 1.29 is 4.52 Å². The van der Waals surface area contributed by atoms with E-state index in [1.54, 1.807) is 6.07 Å². The molecule has 3 N–H and O–H groups in total. The lowest BCUT2D eigenvalue weighted by atomic mass is 9.93. The van der Waals surface area contributed by atoms with Gasteiger partial charge in [0, 0.05) is 25.5 Å². The number of nitrogens with one attached hydrogen (secondary N) is 1. The van der Waals surface area contributed by atoms with E-state index in [9.17, 15) is 0 Å². The molecular weight excluding hydrogens is 318 g/mol. The lowest BCUT2D eigenvalue weighted by Gasteiger charge is -2.30. The minimum Gasteiger partial charge on any atom is -0.384 e. The lowest BCUT2D eigenvalue weighted by molar-refractivity contribution is 0.158. The van der Waals surface area contributed by atoms with Gasteiger partial charge in [-0.25, -0.2) is 9.97 Å². The summed E-state index contributed by atoms with van der Waals surface area (Å²) in [4.78, 5) is 15.7. The van der Waals surface area contributed by atoms with E-state index >= 15 is 0 Å². The SMILES string of the molecule is CNc1cc(N)nc(CC2CCN(Cc3nc(C(C)C)no3)CC2)n1. The molecule has 136 valence electrons. The number of hydrogen-bond donors (Lipinski definition) is 2. The Balaban J connectivity index is 1.50. The van der Waals surface area contributed by atoms with Gasteiger partial charge in [-0.2, -0.15) is 4.98 Å². The van der Waals surface area contributed by atoms with Gasteiger partial charge in [0.15, 0.2) is 5.82 Å². The maximum absolute atomic E-state index is 5.85. The van der Waals surface area contributed by atoms with Crippen molar-refractivity contribution in [1.29, 1.82) is 0 Å². The molecule has 0 saturated carbocycles. The van der Waals surface area contributed by atoms with Crippen LogP contribution in [0.15, 0.2) is 10.6 Å². The molecule has 0 bridgehead atoms. The Labute approximate surface area is 148 Å². The Bertz CT molecular complexity index is 692. The number of aromatic nitrogens is 4. The third-order valence-electron chi connectivity index (χ3n) is 4.59. The van der Waals surface area contributed by atoms with Crippen LogP contribution in [-0.2, 0) is 13.0 Å². The third kappa shape index (κ3) is 4.66. The highest BCUT2D eigenvalue weighted by atomic mass is 16.5. The van der Waals surface area contributed by atoms with Gasteiger partial charge < -0.3 is 15.6 Å². The molecular formula is C17H27N7O. The Hall–Kier alpha value is -2.22. The van der Waals surface area contributed by atoms with Crippen molar-refractivity contribution in [2.45, 2.75) is 45.6 Å². The van der Waals surface area contributed by atoms with Gasteiger partial charge in [0.05, 0.1) is 6.54 Å². The molecule has 2 aromatic heterocycles. The minimum atomic E-state index is 0.295. The summed E-state index contributed by atoms with van der Waals surface area (Å²) in [6.45, 7) is 6.90. The highest BCUT2D eigenvalue weighted by Crippen LogP contribution is 2.23. The number of nitrogens with two attached hydrogens (primary N) is 1. The molecule has 0 spiro atoms. The Morgan fingerprint density at radius 1 is 1.28 bits per heavy atom. The molecule has 0 amide bonds. The summed E-state index contributed by atoms with van der Waals surface area (Å²) in [6.07, 6.45) is 3.09. The number of nitrogen functional groups attached to an aromatic ring is 1. The van der Waals surface area contributed by atoms with Crippen LogP contribution in [-0.4, -0.2) is 45.1 Å². The summed E-state index contributed by atoms with van der Waals surface area (Å²) in [5.74, 6) is 4.48. The molecule has 1 aliphatic heterocycles. The van der Waals surface area contributed by atoms with Crippen molar-refractivity contribution in [1.82, 2.24) is 25.0 Å². The summed E-state index contributed by atoms with van der Waals surface area (Å²) in [7, 11) is 1.84. The number of hydrogen-bond acceptors (Lipinski definition) is 8. The molecule has 8 heteroatoms. The molecule has 3 rings (SSSR count). The maximum Gasteiger partial charge on any atom is 0.240 e. The van der Waals surface area contributed by atoms with Crippen molar-refractivity contribution in [3.8, 4) is 0 Å². The smallest absolute Gasteiger partial charge is 0.240 e. The largest absolute Gasteiger partial charge is 0.384 e. The number of likely N-dealkylation sites (tertiary alicyclic amines) is 1. The summed E-state index contributed by atoms with van der Waals surface area (Å²) in [6, 6.07) is 1.75. The van der Waals surface area contributed by atoms with E-state index in [1.807, 2.05) is 7.05 Å². The Morgan fingerprint density at radius 2 is 2.04 bits per heavy atom. The average molecular weight is 345 g/mol. The second-order valence-corrected chi connectivity index (χ2v) is 6.97. The first-order chi connectivity index (χ1) is 12.0. The average Bonchev–Trinajstić information content (AvgIpc) is 3.05. The summed E-state index contributed by atoms with van der Waals surface area (Å²) in [5.41, 5.74) is 5.85. The Kier molecular flexibility index (Phi) is 5.47. The fourth-order valence-corrected chi connectivity index (χ4v) is 3.10. The molecule has 0 unspecified atom stereocenters.